The molecule has 1 aromatic heterocycles. The van der Waals surface area contributed by atoms with E-state index in [0.717, 1.165) is 18.2 Å². The summed E-state index contributed by atoms with van der Waals surface area (Å²) in [5.74, 6) is -3.38. The minimum atomic E-state index is -4.87. The summed E-state index contributed by atoms with van der Waals surface area (Å²) >= 11 is 0. The van der Waals surface area contributed by atoms with E-state index in [0.29, 0.717) is 23.1 Å². The number of nitrogens with two attached hydrogens (primary N) is 1. The number of halogens is 4. The zero-order valence-corrected chi connectivity index (χ0v) is 17.2. The molecule has 170 valence electrons. The van der Waals surface area contributed by atoms with Crippen molar-refractivity contribution in [3.05, 3.63) is 59.0 Å². The monoisotopic (exact) mass is 452 g/mol. The number of amides is 1. The van der Waals surface area contributed by atoms with Crippen molar-refractivity contribution < 1.29 is 37.0 Å². The number of aromatic hydroxyl groups is 1. The molecule has 3 rings (SSSR count). The lowest BCUT2D eigenvalue weighted by atomic mass is 9.93. The maximum absolute atomic E-state index is 14.1. The molecule has 10 heteroatoms. The van der Waals surface area contributed by atoms with Crippen molar-refractivity contribution in [2.75, 3.05) is 0 Å². The summed E-state index contributed by atoms with van der Waals surface area (Å²) in [6, 6.07) is 6.57. The molecule has 0 saturated heterocycles. The average molecular weight is 452 g/mol. The van der Waals surface area contributed by atoms with Gasteiger partial charge in [0.1, 0.15) is 5.75 Å². The lowest BCUT2D eigenvalue weighted by Crippen LogP contribution is -2.17. The molecule has 32 heavy (non-hydrogen) atoms. The Bertz CT molecular complexity index is 1180. The van der Waals surface area contributed by atoms with Gasteiger partial charge in [0, 0.05) is 29.1 Å². The van der Waals surface area contributed by atoms with Gasteiger partial charge >= 0.3 is 6.36 Å². The largest absolute Gasteiger partial charge is 0.573 e. The second kappa shape index (κ2) is 8.52. The summed E-state index contributed by atoms with van der Waals surface area (Å²) < 4.78 is 56.3. The first kappa shape index (κ1) is 23.1. The summed E-state index contributed by atoms with van der Waals surface area (Å²) in [5.41, 5.74) is 6.52. The molecule has 1 amide bonds. The molecule has 0 saturated carbocycles. The van der Waals surface area contributed by atoms with Crippen LogP contribution in [0.25, 0.3) is 10.9 Å². The topological polar surface area (TPSA) is 94.5 Å². The molecule has 0 fully saturated rings. The molecular formula is C22H20F4N2O4. The van der Waals surface area contributed by atoms with E-state index in [1.54, 1.807) is 6.92 Å². The standard InChI is InChI=1S/C22H20F4N2O4/c1-11(3-8-19(27)30)20-12(2)28(17-10-16(23)18(29)9-15(17)20)21(31)13-4-6-14(7-5-13)32-22(24,25)26/h4-7,9-11,29H,3,8H2,1-2H3,(H2,27,30)/t11-/m0/s1. The fourth-order valence-electron chi connectivity index (χ4n) is 3.76. The Morgan fingerprint density at radius 3 is 2.38 bits per heavy atom. The number of carbonyl (C=O) groups is 2. The normalized spacial score (nSPS) is 12.7. The maximum Gasteiger partial charge on any atom is 0.573 e. The Kier molecular flexibility index (Phi) is 6.16. The number of ether oxygens (including phenoxy) is 1. The number of hydrogen-bond donors (Lipinski definition) is 2. The molecule has 1 atom stereocenters. The van der Waals surface area contributed by atoms with Crippen LogP contribution in [0.2, 0.25) is 0 Å². The van der Waals surface area contributed by atoms with Crippen molar-refractivity contribution in [3.8, 4) is 11.5 Å². The molecule has 0 aliphatic heterocycles. The molecule has 1 heterocycles. The van der Waals surface area contributed by atoms with E-state index in [9.17, 15) is 32.3 Å². The average Bonchev–Trinajstić information content (AvgIpc) is 2.96. The Hall–Kier alpha value is -3.56. The molecule has 2 aromatic carbocycles. The van der Waals surface area contributed by atoms with Crippen LogP contribution in [0.4, 0.5) is 17.6 Å². The summed E-state index contributed by atoms with van der Waals surface area (Å²) in [6.07, 6.45) is -4.41. The van der Waals surface area contributed by atoms with Gasteiger partial charge in [-0.2, -0.15) is 0 Å². The SMILES string of the molecule is Cc1c([C@@H](C)CCC(N)=O)c2cc(O)c(F)cc2n1C(=O)c1ccc(OC(F)(F)F)cc1. The fraction of sp³-hybridized carbons (Fsp3) is 0.273. The van der Waals surface area contributed by atoms with Crippen molar-refractivity contribution in [1.82, 2.24) is 4.57 Å². The third-order valence-corrected chi connectivity index (χ3v) is 5.18. The summed E-state index contributed by atoms with van der Waals surface area (Å²) in [7, 11) is 0. The van der Waals surface area contributed by atoms with Crippen molar-refractivity contribution in [1.29, 1.82) is 0 Å². The minimum Gasteiger partial charge on any atom is -0.505 e. The molecule has 0 unspecified atom stereocenters. The van der Waals surface area contributed by atoms with Crippen LogP contribution < -0.4 is 10.5 Å². The highest BCUT2D eigenvalue weighted by Crippen LogP contribution is 2.37. The number of rotatable bonds is 6. The number of aromatic nitrogens is 1. The highest BCUT2D eigenvalue weighted by Gasteiger charge is 2.31. The fourth-order valence-corrected chi connectivity index (χ4v) is 3.76. The van der Waals surface area contributed by atoms with Crippen LogP contribution in [0.1, 0.15) is 47.3 Å². The lowest BCUT2D eigenvalue weighted by Gasteiger charge is -2.13. The summed E-state index contributed by atoms with van der Waals surface area (Å²) in [6.45, 7) is 3.44. The van der Waals surface area contributed by atoms with Crippen molar-refractivity contribution in [3.63, 3.8) is 0 Å². The Morgan fingerprint density at radius 2 is 1.81 bits per heavy atom. The Balaban J connectivity index is 2.09. The van der Waals surface area contributed by atoms with Crippen LogP contribution in [0.15, 0.2) is 36.4 Å². The number of primary amides is 1. The number of benzene rings is 2. The third-order valence-electron chi connectivity index (χ3n) is 5.18. The maximum atomic E-state index is 14.1. The van der Waals surface area contributed by atoms with Gasteiger partial charge < -0.3 is 15.6 Å². The van der Waals surface area contributed by atoms with Crippen LogP contribution in [-0.4, -0.2) is 27.9 Å². The highest BCUT2D eigenvalue weighted by molar-refractivity contribution is 6.04. The van der Waals surface area contributed by atoms with E-state index in [2.05, 4.69) is 4.74 Å². The van der Waals surface area contributed by atoms with Gasteiger partial charge in [0.05, 0.1) is 5.52 Å². The number of phenolic OH excluding ortho intramolecular Hbond substituents is 1. The zero-order chi connectivity index (χ0) is 23.8. The number of fused-ring (bicyclic) bond motifs is 1. The number of phenols is 1. The van der Waals surface area contributed by atoms with Crippen LogP contribution in [0.3, 0.4) is 0 Å². The molecule has 0 spiro atoms. The van der Waals surface area contributed by atoms with E-state index < -0.39 is 35.5 Å². The summed E-state index contributed by atoms with van der Waals surface area (Å²) in [5, 5.41) is 10.3. The highest BCUT2D eigenvalue weighted by atomic mass is 19.4. The van der Waals surface area contributed by atoms with E-state index >= 15 is 0 Å². The third kappa shape index (κ3) is 4.68. The second-order valence-electron chi connectivity index (χ2n) is 7.44. The number of carbonyl (C=O) groups excluding carboxylic acids is 2. The molecule has 3 aromatic rings. The van der Waals surface area contributed by atoms with Gasteiger partial charge in [0.15, 0.2) is 11.6 Å². The lowest BCUT2D eigenvalue weighted by molar-refractivity contribution is -0.274. The van der Waals surface area contributed by atoms with E-state index in [1.807, 2.05) is 6.92 Å². The molecular weight excluding hydrogens is 432 g/mol. The molecule has 6 nitrogen and oxygen atoms in total. The van der Waals surface area contributed by atoms with Gasteiger partial charge in [-0.3, -0.25) is 14.2 Å². The van der Waals surface area contributed by atoms with Crippen LogP contribution in [-0.2, 0) is 4.79 Å². The number of nitrogens with zero attached hydrogens (tertiary/aromatic N) is 1. The van der Waals surface area contributed by atoms with Crippen molar-refractivity contribution in [2.24, 2.45) is 5.73 Å². The van der Waals surface area contributed by atoms with E-state index in [-0.39, 0.29) is 23.4 Å². The Labute approximate surface area is 180 Å². The molecule has 0 aliphatic rings. The van der Waals surface area contributed by atoms with Gasteiger partial charge in [-0.15, -0.1) is 13.2 Å². The molecule has 0 radical (unpaired) electrons. The Morgan fingerprint density at radius 1 is 1.19 bits per heavy atom. The van der Waals surface area contributed by atoms with Crippen LogP contribution in [0, 0.1) is 12.7 Å². The van der Waals surface area contributed by atoms with Crippen molar-refractivity contribution in [2.45, 2.75) is 39.0 Å². The van der Waals surface area contributed by atoms with Crippen LogP contribution >= 0.6 is 0 Å². The second-order valence-corrected chi connectivity index (χ2v) is 7.44. The quantitative estimate of drug-likeness (QED) is 0.528. The van der Waals surface area contributed by atoms with Gasteiger partial charge in [0.2, 0.25) is 5.91 Å². The van der Waals surface area contributed by atoms with E-state index in [4.69, 9.17) is 5.73 Å². The molecule has 0 bridgehead atoms. The van der Waals surface area contributed by atoms with Gasteiger partial charge in [-0.05, 0) is 55.2 Å². The predicted molar refractivity (Wildman–Crippen MR) is 108 cm³/mol. The zero-order valence-electron chi connectivity index (χ0n) is 17.2. The van der Waals surface area contributed by atoms with Gasteiger partial charge in [-0.1, -0.05) is 6.92 Å². The summed E-state index contributed by atoms with van der Waals surface area (Å²) in [4.78, 5) is 24.4. The van der Waals surface area contributed by atoms with Crippen LogP contribution in [0.5, 0.6) is 11.5 Å². The smallest absolute Gasteiger partial charge is 0.505 e. The minimum absolute atomic E-state index is 0.0457. The van der Waals surface area contributed by atoms with Gasteiger partial charge in [0.25, 0.3) is 5.91 Å². The first-order chi connectivity index (χ1) is 14.9. The number of hydrogen-bond acceptors (Lipinski definition) is 4. The number of alkyl halides is 3. The first-order valence-corrected chi connectivity index (χ1v) is 9.61. The first-order valence-electron chi connectivity index (χ1n) is 9.61. The van der Waals surface area contributed by atoms with E-state index in [1.165, 1.54) is 22.8 Å². The van der Waals surface area contributed by atoms with Crippen molar-refractivity contribution >= 4 is 22.7 Å². The van der Waals surface area contributed by atoms with Gasteiger partial charge in [-0.25, -0.2) is 4.39 Å². The molecule has 0 aliphatic carbocycles. The molecule has 3 N–H and O–H groups in total. The predicted octanol–water partition coefficient (Wildman–Crippen LogP) is 4.75.